The number of ether oxygens (including phenoxy) is 1. The number of carbonyl (C=O) groups is 2. The second-order valence-electron chi connectivity index (χ2n) is 6.09. The molecule has 8 heteroatoms. The standard InChI is InChI=1S/C18H23N5O3/c1-26-11-9-20-17(24)15-14-7-3-5-10-23(14)16(22-15)18(25)21-12-13-6-2-4-8-19-13/h2,4,6,8H,3,5,7,9-12H2,1H3,(H,20,24)(H,21,25). The van der Waals surface area contributed by atoms with Crippen molar-refractivity contribution in [1.82, 2.24) is 25.2 Å². The Morgan fingerprint density at radius 2 is 2.12 bits per heavy atom. The molecule has 2 aromatic heterocycles. The molecule has 8 nitrogen and oxygen atoms in total. The molecule has 2 N–H and O–H groups in total. The summed E-state index contributed by atoms with van der Waals surface area (Å²) in [7, 11) is 1.58. The van der Waals surface area contributed by atoms with Crippen LogP contribution in [0, 0.1) is 0 Å². The molecule has 2 amide bonds. The van der Waals surface area contributed by atoms with Gasteiger partial charge in [-0.2, -0.15) is 0 Å². The first-order chi connectivity index (χ1) is 12.7. The maximum atomic E-state index is 12.6. The highest BCUT2D eigenvalue weighted by atomic mass is 16.5. The fraction of sp³-hybridized carbons (Fsp3) is 0.444. The van der Waals surface area contributed by atoms with Gasteiger partial charge in [0, 0.05) is 26.4 Å². The van der Waals surface area contributed by atoms with Crippen LogP contribution in [0.4, 0.5) is 0 Å². The number of hydrogen-bond acceptors (Lipinski definition) is 5. The number of amides is 2. The summed E-state index contributed by atoms with van der Waals surface area (Å²) in [4.78, 5) is 33.6. The first-order valence-corrected chi connectivity index (χ1v) is 8.75. The molecule has 0 spiro atoms. The first-order valence-electron chi connectivity index (χ1n) is 8.75. The van der Waals surface area contributed by atoms with Crippen molar-refractivity contribution in [2.45, 2.75) is 32.4 Å². The van der Waals surface area contributed by atoms with Gasteiger partial charge < -0.3 is 19.9 Å². The molecular formula is C18H23N5O3. The topological polar surface area (TPSA) is 98.1 Å². The summed E-state index contributed by atoms with van der Waals surface area (Å²) in [5.41, 5.74) is 1.93. The smallest absolute Gasteiger partial charge is 0.287 e. The van der Waals surface area contributed by atoms with E-state index in [1.807, 2.05) is 22.8 Å². The fourth-order valence-electron chi connectivity index (χ4n) is 3.00. The number of aromatic nitrogens is 3. The molecule has 0 bridgehead atoms. The van der Waals surface area contributed by atoms with E-state index in [0.29, 0.717) is 31.9 Å². The summed E-state index contributed by atoms with van der Waals surface area (Å²) in [6, 6.07) is 5.54. The highest BCUT2D eigenvalue weighted by Gasteiger charge is 2.27. The molecule has 0 aromatic carbocycles. The normalized spacial score (nSPS) is 13.1. The van der Waals surface area contributed by atoms with E-state index >= 15 is 0 Å². The molecule has 1 aliphatic heterocycles. The molecule has 1 aliphatic rings. The van der Waals surface area contributed by atoms with Crippen molar-refractivity contribution in [2.24, 2.45) is 0 Å². The second kappa shape index (κ2) is 8.57. The van der Waals surface area contributed by atoms with Gasteiger partial charge in [0.05, 0.1) is 24.5 Å². The minimum atomic E-state index is -0.297. The Kier molecular flexibility index (Phi) is 5.96. The highest BCUT2D eigenvalue weighted by Crippen LogP contribution is 2.21. The van der Waals surface area contributed by atoms with Crippen LogP contribution in [0.5, 0.6) is 0 Å². The summed E-state index contributed by atoms with van der Waals surface area (Å²) >= 11 is 0. The first kappa shape index (κ1) is 18.1. The molecule has 3 rings (SSSR count). The van der Waals surface area contributed by atoms with E-state index in [0.717, 1.165) is 30.7 Å². The van der Waals surface area contributed by atoms with E-state index in [9.17, 15) is 9.59 Å². The number of nitrogens with zero attached hydrogens (tertiary/aromatic N) is 3. The zero-order valence-electron chi connectivity index (χ0n) is 14.8. The van der Waals surface area contributed by atoms with Crippen LogP contribution >= 0.6 is 0 Å². The Balaban J connectivity index is 1.76. The molecule has 0 fully saturated rings. The van der Waals surface area contributed by atoms with E-state index in [1.165, 1.54) is 0 Å². The van der Waals surface area contributed by atoms with Crippen molar-refractivity contribution in [2.75, 3.05) is 20.3 Å². The average molecular weight is 357 g/mol. The second-order valence-corrected chi connectivity index (χ2v) is 6.09. The van der Waals surface area contributed by atoms with E-state index in [-0.39, 0.29) is 17.6 Å². The van der Waals surface area contributed by atoms with Crippen molar-refractivity contribution in [3.63, 3.8) is 0 Å². The Morgan fingerprint density at radius 1 is 1.23 bits per heavy atom. The highest BCUT2D eigenvalue weighted by molar-refractivity contribution is 5.97. The molecule has 0 saturated carbocycles. The maximum absolute atomic E-state index is 12.6. The van der Waals surface area contributed by atoms with E-state index < -0.39 is 0 Å². The number of imidazole rings is 1. The number of fused-ring (bicyclic) bond motifs is 1. The number of pyridine rings is 1. The molecule has 0 radical (unpaired) electrons. The van der Waals surface area contributed by atoms with Crippen LogP contribution in [-0.4, -0.2) is 46.6 Å². The van der Waals surface area contributed by atoms with Gasteiger partial charge in [0.25, 0.3) is 11.8 Å². The van der Waals surface area contributed by atoms with Gasteiger partial charge in [0.1, 0.15) is 5.69 Å². The lowest BCUT2D eigenvalue weighted by Gasteiger charge is -2.17. The number of nitrogens with one attached hydrogen (secondary N) is 2. The van der Waals surface area contributed by atoms with E-state index in [1.54, 1.807) is 13.3 Å². The molecule has 138 valence electrons. The lowest BCUT2D eigenvalue weighted by Crippen LogP contribution is -2.28. The lowest BCUT2D eigenvalue weighted by molar-refractivity contribution is 0.0931. The summed E-state index contributed by atoms with van der Waals surface area (Å²) in [5.74, 6) is -0.279. The quantitative estimate of drug-likeness (QED) is 0.718. The lowest BCUT2D eigenvalue weighted by atomic mass is 10.1. The molecule has 0 saturated heterocycles. The van der Waals surface area contributed by atoms with E-state index in [2.05, 4.69) is 20.6 Å². The van der Waals surface area contributed by atoms with Gasteiger partial charge in [0.15, 0.2) is 5.82 Å². The molecule has 0 unspecified atom stereocenters. The molecular weight excluding hydrogens is 334 g/mol. The fourth-order valence-corrected chi connectivity index (χ4v) is 3.00. The van der Waals surface area contributed by atoms with Gasteiger partial charge in [-0.25, -0.2) is 4.98 Å². The molecule has 3 heterocycles. The monoisotopic (exact) mass is 357 g/mol. The van der Waals surface area contributed by atoms with Gasteiger partial charge in [-0.15, -0.1) is 0 Å². The zero-order valence-corrected chi connectivity index (χ0v) is 14.8. The summed E-state index contributed by atoms with van der Waals surface area (Å²) in [6.07, 6.45) is 4.38. The summed E-state index contributed by atoms with van der Waals surface area (Å²) < 4.78 is 6.81. The van der Waals surface area contributed by atoms with Crippen LogP contribution in [0.2, 0.25) is 0 Å². The third kappa shape index (κ3) is 4.08. The van der Waals surface area contributed by atoms with Crippen LogP contribution in [-0.2, 0) is 24.2 Å². The Bertz CT molecular complexity index is 773. The Hall–Kier alpha value is -2.74. The number of rotatable bonds is 7. The number of hydrogen-bond donors (Lipinski definition) is 2. The number of methoxy groups -OCH3 is 1. The van der Waals surface area contributed by atoms with Crippen molar-refractivity contribution in [1.29, 1.82) is 0 Å². The van der Waals surface area contributed by atoms with Gasteiger partial charge in [-0.1, -0.05) is 6.07 Å². The van der Waals surface area contributed by atoms with Gasteiger partial charge >= 0.3 is 0 Å². The average Bonchev–Trinajstić information content (AvgIpc) is 3.07. The van der Waals surface area contributed by atoms with Crippen molar-refractivity contribution >= 4 is 11.8 Å². The minimum absolute atomic E-state index is 0.267. The predicted molar refractivity (Wildman–Crippen MR) is 94.8 cm³/mol. The molecule has 0 aliphatic carbocycles. The molecule has 2 aromatic rings. The summed E-state index contributed by atoms with van der Waals surface area (Å²) in [5, 5.41) is 5.61. The minimum Gasteiger partial charge on any atom is -0.383 e. The van der Waals surface area contributed by atoms with Crippen molar-refractivity contribution in [3.05, 3.63) is 47.3 Å². The third-order valence-corrected chi connectivity index (χ3v) is 4.28. The van der Waals surface area contributed by atoms with Crippen LogP contribution in [0.1, 0.15) is 45.3 Å². The van der Waals surface area contributed by atoms with Crippen molar-refractivity contribution in [3.8, 4) is 0 Å². The van der Waals surface area contributed by atoms with Crippen LogP contribution < -0.4 is 10.6 Å². The van der Waals surface area contributed by atoms with Gasteiger partial charge in [0.2, 0.25) is 0 Å². The Labute approximate surface area is 152 Å². The third-order valence-electron chi connectivity index (χ3n) is 4.28. The van der Waals surface area contributed by atoms with Gasteiger partial charge in [-0.05, 0) is 31.4 Å². The summed E-state index contributed by atoms with van der Waals surface area (Å²) in [6.45, 7) is 1.85. The Morgan fingerprint density at radius 3 is 2.88 bits per heavy atom. The van der Waals surface area contributed by atoms with Crippen molar-refractivity contribution < 1.29 is 14.3 Å². The van der Waals surface area contributed by atoms with Crippen LogP contribution in [0.15, 0.2) is 24.4 Å². The van der Waals surface area contributed by atoms with Crippen LogP contribution in [0.25, 0.3) is 0 Å². The maximum Gasteiger partial charge on any atom is 0.287 e. The number of carbonyl (C=O) groups excluding carboxylic acids is 2. The SMILES string of the molecule is COCCNC(=O)c1nc(C(=O)NCc2ccccn2)n2c1CCCC2. The molecule has 0 atom stereocenters. The van der Waals surface area contributed by atoms with E-state index in [4.69, 9.17) is 4.74 Å². The predicted octanol–water partition coefficient (Wildman–Crippen LogP) is 0.921. The van der Waals surface area contributed by atoms with Gasteiger partial charge in [-0.3, -0.25) is 14.6 Å². The zero-order chi connectivity index (χ0) is 18.4. The van der Waals surface area contributed by atoms with Crippen LogP contribution in [0.3, 0.4) is 0 Å². The largest absolute Gasteiger partial charge is 0.383 e. The molecule has 26 heavy (non-hydrogen) atoms.